The molecule has 1 atom stereocenters. The van der Waals surface area contributed by atoms with Crippen LogP contribution in [-0.4, -0.2) is 31.9 Å². The number of rotatable bonds is 3. The van der Waals surface area contributed by atoms with Gasteiger partial charge in [0.05, 0.1) is 9.79 Å². The third-order valence-corrected chi connectivity index (χ3v) is 5.65. The van der Waals surface area contributed by atoms with Crippen LogP contribution in [0.2, 0.25) is 0 Å². The van der Waals surface area contributed by atoms with Crippen molar-refractivity contribution in [1.82, 2.24) is 0 Å². The molecule has 0 spiro atoms. The molecule has 7 nitrogen and oxygen atoms in total. The molecule has 0 aliphatic carbocycles. The summed E-state index contributed by atoms with van der Waals surface area (Å²) in [6, 6.07) is 6.19. The maximum Gasteiger partial charge on any atom is 0.294 e. The average molecular weight is 331 g/mol. The van der Waals surface area contributed by atoms with Gasteiger partial charge in [0.1, 0.15) is 0 Å². The van der Waals surface area contributed by atoms with Crippen molar-refractivity contribution in [3.05, 3.63) is 30.3 Å². The molecule has 0 radical (unpaired) electrons. The average Bonchev–Trinajstić information content (AvgIpc) is 2.35. The molecule has 0 amide bonds. The standard InChI is InChI=1S/C12H13NO6S2/c1-7(14)20(15,16)12-6-10(21(17,18)19)4-8-2-3-9(13)5-11(8)12/h2-7,14H,13H2,1H3,(H,17,18,19). The van der Waals surface area contributed by atoms with Crippen molar-refractivity contribution in [1.29, 1.82) is 0 Å². The fourth-order valence-electron chi connectivity index (χ4n) is 1.88. The highest BCUT2D eigenvalue weighted by molar-refractivity contribution is 7.92. The third-order valence-electron chi connectivity index (χ3n) is 2.97. The number of fused-ring (bicyclic) bond motifs is 1. The Morgan fingerprint density at radius 1 is 1.10 bits per heavy atom. The molecule has 4 N–H and O–H groups in total. The minimum Gasteiger partial charge on any atom is -0.399 e. The molecule has 21 heavy (non-hydrogen) atoms. The minimum absolute atomic E-state index is 0.170. The van der Waals surface area contributed by atoms with E-state index in [9.17, 15) is 21.9 Å². The Bertz CT molecular complexity index is 916. The fourth-order valence-corrected chi connectivity index (χ4v) is 3.64. The Morgan fingerprint density at radius 3 is 2.24 bits per heavy atom. The van der Waals surface area contributed by atoms with Gasteiger partial charge in [0, 0.05) is 11.1 Å². The monoisotopic (exact) mass is 331 g/mol. The van der Waals surface area contributed by atoms with Crippen molar-refractivity contribution in [3.63, 3.8) is 0 Å². The Balaban J connectivity index is 2.99. The number of aliphatic hydroxyl groups excluding tert-OH is 1. The summed E-state index contributed by atoms with van der Waals surface area (Å²) in [4.78, 5) is -0.978. The first kappa shape index (κ1) is 15.7. The normalized spacial score (nSPS) is 14.2. The summed E-state index contributed by atoms with van der Waals surface area (Å²) in [7, 11) is -8.77. The Labute approximate surface area is 121 Å². The largest absolute Gasteiger partial charge is 0.399 e. The lowest BCUT2D eigenvalue weighted by Gasteiger charge is -2.12. The van der Waals surface area contributed by atoms with Gasteiger partial charge in [-0.25, -0.2) is 8.42 Å². The van der Waals surface area contributed by atoms with Gasteiger partial charge in [0.25, 0.3) is 10.1 Å². The lowest BCUT2D eigenvalue weighted by Crippen LogP contribution is -2.18. The number of hydrogen-bond acceptors (Lipinski definition) is 6. The number of anilines is 1. The highest BCUT2D eigenvalue weighted by Crippen LogP contribution is 2.30. The van der Waals surface area contributed by atoms with Crippen molar-refractivity contribution in [2.75, 3.05) is 5.73 Å². The van der Waals surface area contributed by atoms with Crippen LogP contribution in [0.1, 0.15) is 6.92 Å². The number of sulfone groups is 1. The molecule has 0 fully saturated rings. The predicted molar refractivity (Wildman–Crippen MR) is 77.0 cm³/mol. The molecule has 2 aromatic carbocycles. The number of aliphatic hydroxyl groups is 1. The Hall–Kier alpha value is -1.68. The van der Waals surface area contributed by atoms with Crippen molar-refractivity contribution in [2.24, 2.45) is 0 Å². The van der Waals surface area contributed by atoms with Crippen molar-refractivity contribution < 1.29 is 26.5 Å². The molecule has 2 aromatic rings. The molecule has 0 bridgehead atoms. The number of benzene rings is 2. The second-order valence-electron chi connectivity index (χ2n) is 4.52. The van der Waals surface area contributed by atoms with Crippen LogP contribution in [0.5, 0.6) is 0 Å². The smallest absolute Gasteiger partial charge is 0.294 e. The van der Waals surface area contributed by atoms with Crippen LogP contribution in [0, 0.1) is 0 Å². The molecule has 0 saturated carbocycles. The fraction of sp³-hybridized carbons (Fsp3) is 0.167. The van der Waals surface area contributed by atoms with Gasteiger partial charge in [-0.15, -0.1) is 0 Å². The number of nitrogen functional groups attached to an aromatic ring is 1. The molecule has 0 aromatic heterocycles. The predicted octanol–water partition coefficient (Wildman–Crippen LogP) is 0.781. The van der Waals surface area contributed by atoms with Gasteiger partial charge in [-0.1, -0.05) is 6.07 Å². The van der Waals surface area contributed by atoms with E-state index in [4.69, 9.17) is 10.3 Å². The van der Waals surface area contributed by atoms with Crippen LogP contribution in [0.4, 0.5) is 5.69 Å². The molecular formula is C12H13NO6S2. The van der Waals surface area contributed by atoms with Gasteiger partial charge in [-0.3, -0.25) is 4.55 Å². The molecule has 9 heteroatoms. The zero-order valence-electron chi connectivity index (χ0n) is 10.9. The van der Waals surface area contributed by atoms with E-state index in [1.54, 1.807) is 0 Å². The van der Waals surface area contributed by atoms with Crippen molar-refractivity contribution >= 4 is 36.4 Å². The van der Waals surface area contributed by atoms with Crippen molar-refractivity contribution in [2.45, 2.75) is 22.2 Å². The summed E-state index contributed by atoms with van der Waals surface area (Å²) in [5.74, 6) is 0. The Kier molecular flexibility index (Phi) is 3.70. The zero-order chi connectivity index (χ0) is 16.0. The highest BCUT2D eigenvalue weighted by atomic mass is 32.2. The van der Waals surface area contributed by atoms with Gasteiger partial charge < -0.3 is 10.8 Å². The van der Waals surface area contributed by atoms with Gasteiger partial charge in [-0.05, 0) is 36.6 Å². The van der Waals surface area contributed by atoms with E-state index < -0.39 is 35.2 Å². The topological polar surface area (TPSA) is 135 Å². The molecule has 0 aliphatic rings. The molecule has 0 saturated heterocycles. The number of nitrogens with two attached hydrogens (primary N) is 1. The van der Waals surface area contributed by atoms with E-state index in [-0.39, 0.29) is 16.5 Å². The van der Waals surface area contributed by atoms with Crippen LogP contribution in [0.15, 0.2) is 40.1 Å². The van der Waals surface area contributed by atoms with Crippen LogP contribution < -0.4 is 5.73 Å². The third kappa shape index (κ3) is 2.86. The first-order valence-corrected chi connectivity index (χ1v) is 8.75. The summed E-state index contributed by atoms with van der Waals surface area (Å²) in [5, 5.41) is 9.86. The highest BCUT2D eigenvalue weighted by Gasteiger charge is 2.26. The van der Waals surface area contributed by atoms with E-state index >= 15 is 0 Å². The van der Waals surface area contributed by atoms with Gasteiger partial charge >= 0.3 is 0 Å². The van der Waals surface area contributed by atoms with Crippen LogP contribution in [-0.2, 0) is 20.0 Å². The quantitative estimate of drug-likeness (QED) is 0.558. The summed E-state index contributed by atoms with van der Waals surface area (Å²) in [6.07, 6.45) is 0. The zero-order valence-corrected chi connectivity index (χ0v) is 12.5. The Morgan fingerprint density at radius 2 is 1.71 bits per heavy atom. The summed E-state index contributed by atoms with van der Waals surface area (Å²) in [6.45, 7) is 1.05. The maximum absolute atomic E-state index is 12.2. The maximum atomic E-state index is 12.2. The van der Waals surface area contributed by atoms with E-state index in [2.05, 4.69) is 0 Å². The first-order chi connectivity index (χ1) is 9.53. The van der Waals surface area contributed by atoms with Crippen LogP contribution in [0.25, 0.3) is 10.8 Å². The van der Waals surface area contributed by atoms with E-state index in [0.29, 0.717) is 0 Å². The molecule has 0 heterocycles. The van der Waals surface area contributed by atoms with Crippen LogP contribution >= 0.6 is 0 Å². The molecule has 1 unspecified atom stereocenters. The lowest BCUT2D eigenvalue weighted by molar-refractivity contribution is 0.268. The lowest BCUT2D eigenvalue weighted by atomic mass is 10.1. The molecule has 2 rings (SSSR count). The summed E-state index contributed by atoms with van der Waals surface area (Å²) < 4.78 is 56.0. The number of hydrogen-bond donors (Lipinski definition) is 3. The molecular weight excluding hydrogens is 318 g/mol. The first-order valence-electron chi connectivity index (χ1n) is 5.76. The molecule has 0 aliphatic heterocycles. The summed E-state index contributed by atoms with van der Waals surface area (Å²) in [5.41, 5.74) is 4.16. The second kappa shape index (κ2) is 4.95. The van der Waals surface area contributed by atoms with Gasteiger partial charge in [0.15, 0.2) is 5.44 Å². The minimum atomic E-state index is -4.59. The van der Waals surface area contributed by atoms with Gasteiger partial charge in [-0.2, -0.15) is 8.42 Å². The van der Waals surface area contributed by atoms with Crippen molar-refractivity contribution in [3.8, 4) is 0 Å². The van der Waals surface area contributed by atoms with E-state index in [1.165, 1.54) is 18.2 Å². The van der Waals surface area contributed by atoms with E-state index in [0.717, 1.165) is 19.1 Å². The second-order valence-corrected chi connectivity index (χ2v) is 8.15. The van der Waals surface area contributed by atoms with E-state index in [1.807, 2.05) is 0 Å². The van der Waals surface area contributed by atoms with Crippen LogP contribution in [0.3, 0.4) is 0 Å². The molecule has 114 valence electrons. The summed E-state index contributed by atoms with van der Waals surface area (Å²) >= 11 is 0. The SMILES string of the molecule is CC(O)S(=O)(=O)c1cc(S(=O)(=O)O)cc2ccc(N)cc12. The van der Waals surface area contributed by atoms with Gasteiger partial charge in [0.2, 0.25) is 9.84 Å².